The molecule has 3 aromatic rings. The van der Waals surface area contributed by atoms with Gasteiger partial charge in [0.05, 0.1) is 16.1 Å². The minimum absolute atomic E-state index is 0.0320. The largest absolute Gasteiger partial charge is 0.423 e. The number of carbonyl (C=O) groups excluding carboxylic acids is 2. The van der Waals surface area contributed by atoms with Crippen molar-refractivity contribution in [3.05, 3.63) is 99.6 Å². The van der Waals surface area contributed by atoms with Crippen LogP contribution in [0.1, 0.15) is 109 Å². The molecule has 1 saturated carbocycles. The second-order valence-electron chi connectivity index (χ2n) is 11.3. The van der Waals surface area contributed by atoms with E-state index in [2.05, 4.69) is 6.92 Å². The molecular weight excluding hydrogens is 572 g/mol. The number of benzene rings is 3. The molecule has 44 heavy (non-hydrogen) atoms. The molecule has 0 aromatic heterocycles. The highest BCUT2D eigenvalue weighted by Crippen LogP contribution is 2.38. The lowest BCUT2D eigenvalue weighted by atomic mass is 9.77. The first-order chi connectivity index (χ1) is 21.4. The maximum Gasteiger partial charge on any atom is 0.345 e. The van der Waals surface area contributed by atoms with E-state index < -0.39 is 11.9 Å². The van der Waals surface area contributed by atoms with Gasteiger partial charge in [-0.05, 0) is 91.1 Å². The molecule has 226 valence electrons. The third-order valence-corrected chi connectivity index (χ3v) is 8.51. The average Bonchev–Trinajstić information content (AvgIpc) is 3.04. The van der Waals surface area contributed by atoms with Gasteiger partial charge in [-0.15, -0.1) is 0 Å². The van der Waals surface area contributed by atoms with E-state index in [-0.39, 0.29) is 27.7 Å². The summed E-state index contributed by atoms with van der Waals surface area (Å²) in [6, 6.07) is 22.0. The Morgan fingerprint density at radius 1 is 0.818 bits per heavy atom. The van der Waals surface area contributed by atoms with Crippen LogP contribution in [0.2, 0.25) is 5.02 Å². The van der Waals surface area contributed by atoms with Gasteiger partial charge in [0.1, 0.15) is 29.2 Å². The Hall–Kier alpha value is -4.39. The molecule has 0 amide bonds. The summed E-state index contributed by atoms with van der Waals surface area (Å²) in [7, 11) is 0. The standard InChI is InChI=1S/C37H37ClN2O4/c1-2-3-4-5-6-7-26-8-12-29(13-9-26)30-14-16-31(17-15-30)36(41)44-33-20-21-34(35(38)23-33)37(42)43-32-18-10-27(11-19-32)22-28(24-39)25-40/h10-11,14-23,26,29H,2-9,12-13H2,1H3/t26-,29-. The number of allylic oxidation sites excluding steroid dienone is 1. The molecule has 1 fully saturated rings. The zero-order valence-electron chi connectivity index (χ0n) is 25.1. The number of hydrogen-bond acceptors (Lipinski definition) is 6. The third-order valence-electron chi connectivity index (χ3n) is 8.19. The molecule has 3 aromatic carbocycles. The molecule has 1 aliphatic rings. The van der Waals surface area contributed by atoms with Gasteiger partial charge in [0.2, 0.25) is 0 Å². The van der Waals surface area contributed by atoms with Crippen molar-refractivity contribution in [3.8, 4) is 23.6 Å². The fourth-order valence-corrected chi connectivity index (χ4v) is 5.90. The molecule has 0 N–H and O–H groups in total. The third kappa shape index (κ3) is 9.30. The van der Waals surface area contributed by atoms with Crippen molar-refractivity contribution in [2.75, 3.05) is 0 Å². The van der Waals surface area contributed by atoms with Gasteiger partial charge >= 0.3 is 11.9 Å². The smallest absolute Gasteiger partial charge is 0.345 e. The minimum Gasteiger partial charge on any atom is -0.423 e. The molecule has 0 saturated heterocycles. The molecule has 0 aliphatic heterocycles. The number of unbranched alkanes of at least 4 members (excludes halogenated alkanes) is 4. The molecule has 0 radical (unpaired) electrons. The Morgan fingerprint density at radius 2 is 1.45 bits per heavy atom. The number of nitrogens with zero attached hydrogens (tertiary/aromatic N) is 2. The summed E-state index contributed by atoms with van der Waals surface area (Å²) >= 11 is 6.34. The first-order valence-electron chi connectivity index (χ1n) is 15.4. The van der Waals surface area contributed by atoms with E-state index >= 15 is 0 Å². The van der Waals surface area contributed by atoms with Crippen LogP contribution in [0.25, 0.3) is 6.08 Å². The SMILES string of the molecule is CCCCCCC[C@H]1CC[C@H](c2ccc(C(=O)Oc3ccc(C(=O)Oc4ccc(C=C(C#N)C#N)cc4)c(Cl)c3)cc2)CC1. The molecule has 0 spiro atoms. The second kappa shape index (κ2) is 16.5. The Morgan fingerprint density at radius 3 is 2.09 bits per heavy atom. The maximum absolute atomic E-state index is 12.8. The molecule has 0 heterocycles. The van der Waals surface area contributed by atoms with Crippen LogP contribution in [0.5, 0.6) is 11.5 Å². The van der Waals surface area contributed by atoms with Gasteiger partial charge in [-0.1, -0.05) is 81.3 Å². The highest BCUT2D eigenvalue weighted by atomic mass is 35.5. The van der Waals surface area contributed by atoms with Crippen LogP contribution in [0.15, 0.2) is 72.3 Å². The van der Waals surface area contributed by atoms with E-state index in [0.717, 1.165) is 5.92 Å². The van der Waals surface area contributed by atoms with Crippen LogP contribution in [-0.2, 0) is 0 Å². The van der Waals surface area contributed by atoms with Gasteiger partial charge in [-0.3, -0.25) is 0 Å². The Kier molecular flexibility index (Phi) is 12.2. The molecule has 7 heteroatoms. The van der Waals surface area contributed by atoms with Crippen LogP contribution in [0.3, 0.4) is 0 Å². The van der Waals surface area contributed by atoms with Crippen molar-refractivity contribution in [1.82, 2.24) is 0 Å². The lowest BCUT2D eigenvalue weighted by Gasteiger charge is -2.29. The Labute approximate surface area is 264 Å². The Balaban J connectivity index is 1.27. The van der Waals surface area contributed by atoms with Crippen molar-refractivity contribution in [2.45, 2.75) is 77.0 Å². The second-order valence-corrected chi connectivity index (χ2v) is 11.7. The number of nitriles is 2. The predicted molar refractivity (Wildman–Crippen MR) is 172 cm³/mol. The zero-order chi connectivity index (χ0) is 31.3. The number of carbonyl (C=O) groups is 2. The van der Waals surface area contributed by atoms with Crippen LogP contribution in [0.4, 0.5) is 0 Å². The summed E-state index contributed by atoms with van der Waals surface area (Å²) in [5.41, 5.74) is 2.42. The number of rotatable bonds is 12. The summed E-state index contributed by atoms with van der Waals surface area (Å²) in [5, 5.41) is 17.9. The van der Waals surface area contributed by atoms with Crippen molar-refractivity contribution >= 4 is 29.6 Å². The highest BCUT2D eigenvalue weighted by molar-refractivity contribution is 6.33. The maximum atomic E-state index is 12.8. The summed E-state index contributed by atoms with van der Waals surface area (Å²) in [6.07, 6.45) is 14.5. The van der Waals surface area contributed by atoms with Crippen molar-refractivity contribution in [2.24, 2.45) is 5.92 Å². The van der Waals surface area contributed by atoms with Crippen molar-refractivity contribution in [1.29, 1.82) is 10.5 Å². The molecule has 0 atom stereocenters. The summed E-state index contributed by atoms with van der Waals surface area (Å²) < 4.78 is 10.9. The topological polar surface area (TPSA) is 100 Å². The lowest BCUT2D eigenvalue weighted by molar-refractivity contribution is 0.0730. The van der Waals surface area contributed by atoms with Crippen LogP contribution >= 0.6 is 11.6 Å². The van der Waals surface area contributed by atoms with Gasteiger partial charge in [-0.25, -0.2) is 9.59 Å². The number of halogens is 1. The molecular formula is C37H37ClN2O4. The highest BCUT2D eigenvalue weighted by Gasteiger charge is 2.22. The van der Waals surface area contributed by atoms with E-state index in [4.69, 9.17) is 31.6 Å². The normalized spacial score (nSPS) is 15.8. The van der Waals surface area contributed by atoms with Crippen LogP contribution in [-0.4, -0.2) is 11.9 Å². The van der Waals surface area contributed by atoms with Crippen LogP contribution < -0.4 is 9.47 Å². The number of ether oxygens (including phenoxy) is 2. The lowest BCUT2D eigenvalue weighted by Crippen LogP contribution is -2.14. The Bertz CT molecular complexity index is 1520. The van der Waals surface area contributed by atoms with Crippen LogP contribution in [0, 0.1) is 28.6 Å². The fraction of sp³-hybridized carbons (Fsp3) is 0.351. The summed E-state index contributed by atoms with van der Waals surface area (Å²) in [6.45, 7) is 2.26. The van der Waals surface area contributed by atoms with Gasteiger partial charge in [0.15, 0.2) is 0 Å². The van der Waals surface area contributed by atoms with E-state index in [1.165, 1.54) is 94.0 Å². The van der Waals surface area contributed by atoms with E-state index in [0.29, 0.717) is 17.0 Å². The van der Waals surface area contributed by atoms with Gasteiger partial charge in [0.25, 0.3) is 0 Å². The number of hydrogen-bond donors (Lipinski definition) is 0. The molecule has 4 rings (SSSR count). The molecule has 1 aliphatic carbocycles. The predicted octanol–water partition coefficient (Wildman–Crippen LogP) is 9.84. The van der Waals surface area contributed by atoms with Gasteiger partial charge < -0.3 is 9.47 Å². The first kappa shape index (κ1) is 32.5. The van der Waals surface area contributed by atoms with E-state index in [1.807, 2.05) is 24.3 Å². The number of esters is 2. The monoisotopic (exact) mass is 608 g/mol. The fourth-order valence-electron chi connectivity index (χ4n) is 5.65. The summed E-state index contributed by atoms with van der Waals surface area (Å²) in [4.78, 5) is 25.5. The van der Waals surface area contributed by atoms with E-state index in [9.17, 15) is 9.59 Å². The first-order valence-corrected chi connectivity index (χ1v) is 15.7. The average molecular weight is 609 g/mol. The summed E-state index contributed by atoms with van der Waals surface area (Å²) in [5.74, 6) is 0.699. The minimum atomic E-state index is -0.678. The molecule has 6 nitrogen and oxygen atoms in total. The molecule has 0 unspecified atom stereocenters. The quantitative estimate of drug-likeness (QED) is 0.0877. The van der Waals surface area contributed by atoms with Gasteiger partial charge in [-0.2, -0.15) is 10.5 Å². The van der Waals surface area contributed by atoms with Crippen molar-refractivity contribution in [3.63, 3.8) is 0 Å². The van der Waals surface area contributed by atoms with Gasteiger partial charge in [0, 0.05) is 6.07 Å². The van der Waals surface area contributed by atoms with Crippen molar-refractivity contribution < 1.29 is 19.1 Å². The van der Waals surface area contributed by atoms with E-state index in [1.54, 1.807) is 36.4 Å². The molecule has 0 bridgehead atoms. The zero-order valence-corrected chi connectivity index (χ0v) is 25.8.